The number of hydrogen-bond donors (Lipinski definition) is 3. The molecular weight excluding hydrogens is 246 g/mol. The second-order valence-corrected chi connectivity index (χ2v) is 5.20. The summed E-state index contributed by atoms with van der Waals surface area (Å²) in [7, 11) is 0. The molecule has 19 heavy (non-hydrogen) atoms. The van der Waals surface area contributed by atoms with Crippen LogP contribution in [-0.4, -0.2) is 37.6 Å². The van der Waals surface area contributed by atoms with Crippen molar-refractivity contribution < 1.29 is 14.3 Å². The Balaban J connectivity index is 2.00. The van der Waals surface area contributed by atoms with Gasteiger partial charge >= 0.3 is 0 Å². The molecule has 0 heterocycles. The molecule has 0 aliphatic heterocycles. The molecular formula is C13H25N3O3. The van der Waals surface area contributed by atoms with Crippen LogP contribution < -0.4 is 16.8 Å². The van der Waals surface area contributed by atoms with Gasteiger partial charge in [-0.15, -0.1) is 0 Å². The van der Waals surface area contributed by atoms with Crippen molar-refractivity contribution in [3.63, 3.8) is 0 Å². The number of rotatable bonds is 8. The van der Waals surface area contributed by atoms with Gasteiger partial charge in [-0.25, -0.2) is 0 Å². The Morgan fingerprint density at radius 3 is 2.79 bits per heavy atom. The highest BCUT2D eigenvalue weighted by molar-refractivity contribution is 5.76. The minimum atomic E-state index is -0.500. The summed E-state index contributed by atoms with van der Waals surface area (Å²) in [5, 5.41) is 2.76. The van der Waals surface area contributed by atoms with Gasteiger partial charge in [-0.05, 0) is 25.2 Å². The van der Waals surface area contributed by atoms with Crippen molar-refractivity contribution in [2.75, 3.05) is 19.8 Å². The lowest BCUT2D eigenvalue weighted by atomic mass is 9.83. The Labute approximate surface area is 114 Å². The predicted octanol–water partition coefficient (Wildman–Crippen LogP) is -0.0978. The van der Waals surface area contributed by atoms with Gasteiger partial charge in [0.05, 0.1) is 6.61 Å². The molecule has 2 unspecified atom stereocenters. The Morgan fingerprint density at radius 1 is 1.32 bits per heavy atom. The first kappa shape index (κ1) is 15.9. The number of amides is 2. The number of nitrogens with two attached hydrogens (primary N) is 2. The number of nitrogens with one attached hydrogen (secondary N) is 1. The lowest BCUT2D eigenvalue weighted by molar-refractivity contribution is -0.122. The van der Waals surface area contributed by atoms with Crippen LogP contribution in [0.15, 0.2) is 0 Å². The first-order valence-electron chi connectivity index (χ1n) is 6.96. The SMILES string of the molecule is NC(=O)COCCNC(=O)CCC1CCCC(N)C1. The maximum Gasteiger partial charge on any atom is 0.243 e. The Hall–Kier alpha value is -1.14. The van der Waals surface area contributed by atoms with Gasteiger partial charge in [0.2, 0.25) is 11.8 Å². The third-order valence-corrected chi connectivity index (χ3v) is 3.42. The van der Waals surface area contributed by atoms with Gasteiger partial charge in [0.25, 0.3) is 0 Å². The van der Waals surface area contributed by atoms with E-state index in [0.29, 0.717) is 31.5 Å². The van der Waals surface area contributed by atoms with Crippen LogP contribution >= 0.6 is 0 Å². The zero-order chi connectivity index (χ0) is 14.1. The number of carbonyl (C=O) groups is 2. The molecule has 6 nitrogen and oxygen atoms in total. The largest absolute Gasteiger partial charge is 0.370 e. The minimum Gasteiger partial charge on any atom is -0.370 e. The molecule has 1 aliphatic rings. The van der Waals surface area contributed by atoms with Gasteiger partial charge in [-0.2, -0.15) is 0 Å². The number of carbonyl (C=O) groups excluding carboxylic acids is 2. The first-order valence-corrected chi connectivity index (χ1v) is 6.96. The van der Waals surface area contributed by atoms with Crippen LogP contribution in [0.2, 0.25) is 0 Å². The molecule has 0 radical (unpaired) electrons. The van der Waals surface area contributed by atoms with E-state index in [0.717, 1.165) is 19.3 Å². The lowest BCUT2D eigenvalue weighted by Crippen LogP contribution is -2.31. The van der Waals surface area contributed by atoms with Crippen LogP contribution in [0.4, 0.5) is 0 Å². The Kier molecular flexibility index (Phi) is 7.43. The number of hydrogen-bond acceptors (Lipinski definition) is 4. The van der Waals surface area contributed by atoms with Crippen molar-refractivity contribution in [1.29, 1.82) is 0 Å². The van der Waals surface area contributed by atoms with Crippen LogP contribution in [0, 0.1) is 5.92 Å². The summed E-state index contributed by atoms with van der Waals surface area (Å²) in [6, 6.07) is 0.309. The Bertz CT molecular complexity index is 297. The average molecular weight is 271 g/mol. The van der Waals surface area contributed by atoms with Gasteiger partial charge in [0.15, 0.2) is 0 Å². The number of ether oxygens (including phenoxy) is 1. The van der Waals surface area contributed by atoms with Crippen molar-refractivity contribution in [1.82, 2.24) is 5.32 Å². The quantitative estimate of drug-likeness (QED) is 0.536. The predicted molar refractivity (Wildman–Crippen MR) is 72.2 cm³/mol. The molecule has 0 bridgehead atoms. The van der Waals surface area contributed by atoms with Crippen LogP contribution in [0.25, 0.3) is 0 Å². The van der Waals surface area contributed by atoms with Crippen LogP contribution in [-0.2, 0) is 14.3 Å². The summed E-state index contributed by atoms with van der Waals surface area (Å²) >= 11 is 0. The van der Waals surface area contributed by atoms with Gasteiger partial charge in [-0.3, -0.25) is 9.59 Å². The molecule has 2 atom stereocenters. The highest BCUT2D eigenvalue weighted by Gasteiger charge is 2.19. The number of primary amides is 1. The monoisotopic (exact) mass is 271 g/mol. The molecule has 1 rings (SSSR count). The standard InChI is InChI=1S/C13H25N3O3/c14-11-3-1-2-10(8-11)4-5-13(18)16-6-7-19-9-12(15)17/h10-11H,1-9,14H2,(H2,15,17)(H,16,18). The molecule has 0 saturated heterocycles. The maximum absolute atomic E-state index is 11.6. The second kappa shape index (κ2) is 8.87. The zero-order valence-corrected chi connectivity index (χ0v) is 11.4. The highest BCUT2D eigenvalue weighted by Crippen LogP contribution is 2.26. The summed E-state index contributed by atoms with van der Waals surface area (Å²) in [5.41, 5.74) is 10.8. The van der Waals surface area contributed by atoms with E-state index < -0.39 is 5.91 Å². The van der Waals surface area contributed by atoms with Crippen molar-refractivity contribution in [3.05, 3.63) is 0 Å². The molecule has 0 aromatic rings. The minimum absolute atomic E-state index is 0.0295. The Morgan fingerprint density at radius 2 is 2.11 bits per heavy atom. The van der Waals surface area contributed by atoms with E-state index >= 15 is 0 Å². The van der Waals surface area contributed by atoms with Crippen LogP contribution in [0.1, 0.15) is 38.5 Å². The summed E-state index contributed by atoms with van der Waals surface area (Å²) in [6.07, 6.45) is 5.95. The summed E-state index contributed by atoms with van der Waals surface area (Å²) < 4.78 is 4.95. The third kappa shape index (κ3) is 7.79. The smallest absolute Gasteiger partial charge is 0.243 e. The van der Waals surface area contributed by atoms with Crippen LogP contribution in [0.3, 0.4) is 0 Å². The first-order chi connectivity index (χ1) is 9.08. The topological polar surface area (TPSA) is 107 Å². The van der Waals surface area contributed by atoms with E-state index in [1.165, 1.54) is 12.8 Å². The van der Waals surface area contributed by atoms with Gasteiger partial charge in [-0.1, -0.05) is 12.8 Å². The van der Waals surface area contributed by atoms with E-state index in [4.69, 9.17) is 16.2 Å². The van der Waals surface area contributed by atoms with Crippen molar-refractivity contribution in [2.24, 2.45) is 17.4 Å². The van der Waals surface area contributed by atoms with Crippen molar-refractivity contribution in [2.45, 2.75) is 44.6 Å². The molecule has 0 aromatic carbocycles. The summed E-state index contributed by atoms with van der Waals surface area (Å²) in [6.45, 7) is 0.620. The fourth-order valence-corrected chi connectivity index (χ4v) is 2.45. The molecule has 1 fully saturated rings. The molecule has 0 aromatic heterocycles. The zero-order valence-electron chi connectivity index (χ0n) is 11.4. The van der Waals surface area contributed by atoms with E-state index in [-0.39, 0.29) is 12.5 Å². The van der Waals surface area contributed by atoms with Crippen molar-refractivity contribution >= 4 is 11.8 Å². The molecule has 6 heteroatoms. The molecule has 5 N–H and O–H groups in total. The summed E-state index contributed by atoms with van der Waals surface area (Å²) in [5.74, 6) is 0.113. The molecule has 2 amide bonds. The molecule has 0 spiro atoms. The molecule has 1 saturated carbocycles. The van der Waals surface area contributed by atoms with Crippen LogP contribution in [0.5, 0.6) is 0 Å². The molecule has 110 valence electrons. The fourth-order valence-electron chi connectivity index (χ4n) is 2.45. The van der Waals surface area contributed by atoms with E-state index in [1.54, 1.807) is 0 Å². The van der Waals surface area contributed by atoms with E-state index in [9.17, 15) is 9.59 Å². The highest BCUT2D eigenvalue weighted by atomic mass is 16.5. The fraction of sp³-hybridized carbons (Fsp3) is 0.846. The van der Waals surface area contributed by atoms with Gasteiger partial charge in [0.1, 0.15) is 6.61 Å². The normalized spacial score (nSPS) is 23.0. The van der Waals surface area contributed by atoms with Gasteiger partial charge < -0.3 is 21.5 Å². The maximum atomic E-state index is 11.6. The van der Waals surface area contributed by atoms with Gasteiger partial charge in [0, 0.05) is 19.0 Å². The van der Waals surface area contributed by atoms with E-state index in [1.807, 2.05) is 0 Å². The average Bonchev–Trinajstić information content (AvgIpc) is 2.35. The summed E-state index contributed by atoms with van der Waals surface area (Å²) in [4.78, 5) is 22.0. The third-order valence-electron chi connectivity index (χ3n) is 3.42. The lowest BCUT2D eigenvalue weighted by Gasteiger charge is -2.26. The van der Waals surface area contributed by atoms with Crippen molar-refractivity contribution in [3.8, 4) is 0 Å². The molecule has 1 aliphatic carbocycles. The van der Waals surface area contributed by atoms with E-state index in [2.05, 4.69) is 5.32 Å². The second-order valence-electron chi connectivity index (χ2n) is 5.20.